The number of carboxylic acids is 1. The molecule has 1 saturated heterocycles. The molecule has 2 atom stereocenters. The third kappa shape index (κ3) is 2.92. The second-order valence-corrected chi connectivity index (χ2v) is 5.57. The lowest BCUT2D eigenvalue weighted by Crippen LogP contribution is -2.23. The summed E-state index contributed by atoms with van der Waals surface area (Å²) in [6.07, 6.45) is 5.06. The maximum absolute atomic E-state index is 11.6. The van der Waals surface area contributed by atoms with E-state index in [4.69, 9.17) is 5.73 Å². The molecule has 1 aliphatic rings. The number of aliphatic carboxylic acids is 1. The first kappa shape index (κ1) is 14.5. The highest BCUT2D eigenvalue weighted by atomic mass is 16.4. The van der Waals surface area contributed by atoms with Gasteiger partial charge in [0.15, 0.2) is 0 Å². The lowest BCUT2D eigenvalue weighted by atomic mass is 9.90. The van der Waals surface area contributed by atoms with E-state index >= 15 is 0 Å². The Hall–Kier alpha value is -2.47. The highest BCUT2D eigenvalue weighted by Gasteiger charge is 2.38. The minimum Gasteiger partial charge on any atom is -0.481 e. The fraction of sp³-hybridized carbons (Fsp3) is 0.312. The SMILES string of the molecule is Nc1ncccc1CN1C[C@@H](C(=O)O)[C@H](c2ccncc2)C1. The summed E-state index contributed by atoms with van der Waals surface area (Å²) in [6.45, 7) is 1.82. The van der Waals surface area contributed by atoms with Crippen LogP contribution in [0.1, 0.15) is 17.0 Å². The Balaban J connectivity index is 1.79. The normalized spacial score (nSPS) is 21.8. The molecule has 0 saturated carbocycles. The number of nitrogens with two attached hydrogens (primary N) is 1. The molecule has 0 unspecified atom stereocenters. The van der Waals surface area contributed by atoms with E-state index in [2.05, 4.69) is 14.9 Å². The van der Waals surface area contributed by atoms with E-state index in [0.717, 1.165) is 11.1 Å². The number of aromatic nitrogens is 2. The molecule has 114 valence electrons. The third-order valence-electron chi connectivity index (χ3n) is 4.17. The van der Waals surface area contributed by atoms with Gasteiger partial charge in [-0.3, -0.25) is 14.7 Å². The molecule has 0 aromatic carbocycles. The van der Waals surface area contributed by atoms with Crippen molar-refractivity contribution in [3.05, 3.63) is 54.0 Å². The fourth-order valence-electron chi connectivity index (χ4n) is 3.04. The molecule has 3 rings (SSSR count). The average molecular weight is 298 g/mol. The zero-order valence-electron chi connectivity index (χ0n) is 12.1. The molecule has 0 aliphatic carbocycles. The molecule has 6 heteroatoms. The molecule has 3 heterocycles. The maximum Gasteiger partial charge on any atom is 0.308 e. The summed E-state index contributed by atoms with van der Waals surface area (Å²) in [5.74, 6) is -0.705. The first-order chi connectivity index (χ1) is 10.6. The summed E-state index contributed by atoms with van der Waals surface area (Å²) >= 11 is 0. The third-order valence-corrected chi connectivity index (χ3v) is 4.17. The number of carboxylic acid groups (broad SMARTS) is 1. The standard InChI is InChI=1S/C16H18N4O2/c17-15-12(2-1-5-19-15)8-20-9-13(14(10-20)16(21)22)11-3-6-18-7-4-11/h1-7,13-14H,8-10H2,(H2,17,19)(H,21,22)/t13-,14+/m0/s1. The lowest BCUT2D eigenvalue weighted by Gasteiger charge is -2.16. The quantitative estimate of drug-likeness (QED) is 0.885. The highest BCUT2D eigenvalue weighted by Crippen LogP contribution is 2.33. The van der Waals surface area contributed by atoms with Crippen LogP contribution in [0.3, 0.4) is 0 Å². The van der Waals surface area contributed by atoms with Crippen molar-refractivity contribution < 1.29 is 9.90 Å². The second kappa shape index (κ2) is 6.11. The van der Waals surface area contributed by atoms with Crippen LogP contribution >= 0.6 is 0 Å². The van der Waals surface area contributed by atoms with Crippen molar-refractivity contribution in [1.82, 2.24) is 14.9 Å². The Morgan fingerprint density at radius 3 is 2.73 bits per heavy atom. The van der Waals surface area contributed by atoms with E-state index in [0.29, 0.717) is 25.5 Å². The number of pyridine rings is 2. The fourth-order valence-corrected chi connectivity index (χ4v) is 3.04. The van der Waals surface area contributed by atoms with Gasteiger partial charge in [-0.2, -0.15) is 0 Å². The molecular weight excluding hydrogens is 280 g/mol. The van der Waals surface area contributed by atoms with Crippen molar-refractivity contribution >= 4 is 11.8 Å². The minimum absolute atomic E-state index is 0.0293. The van der Waals surface area contributed by atoms with Gasteiger partial charge >= 0.3 is 5.97 Å². The van der Waals surface area contributed by atoms with E-state index in [1.54, 1.807) is 18.6 Å². The van der Waals surface area contributed by atoms with Crippen LogP contribution in [0.5, 0.6) is 0 Å². The number of likely N-dealkylation sites (tertiary alicyclic amines) is 1. The van der Waals surface area contributed by atoms with E-state index in [9.17, 15) is 9.90 Å². The number of hydrogen-bond donors (Lipinski definition) is 2. The van der Waals surface area contributed by atoms with Gasteiger partial charge in [0.25, 0.3) is 0 Å². The molecule has 0 amide bonds. The number of anilines is 1. The Bertz CT molecular complexity index is 662. The van der Waals surface area contributed by atoms with Gasteiger partial charge in [-0.15, -0.1) is 0 Å². The topological polar surface area (TPSA) is 92.3 Å². The van der Waals surface area contributed by atoms with Crippen LogP contribution in [0.15, 0.2) is 42.9 Å². The van der Waals surface area contributed by atoms with Crippen molar-refractivity contribution in [1.29, 1.82) is 0 Å². The summed E-state index contributed by atoms with van der Waals surface area (Å²) in [6, 6.07) is 7.56. The Morgan fingerprint density at radius 1 is 1.27 bits per heavy atom. The average Bonchev–Trinajstić information content (AvgIpc) is 2.95. The molecule has 1 fully saturated rings. The van der Waals surface area contributed by atoms with Crippen molar-refractivity contribution in [3.63, 3.8) is 0 Å². The van der Waals surface area contributed by atoms with Crippen LogP contribution < -0.4 is 5.73 Å². The molecule has 0 spiro atoms. The van der Waals surface area contributed by atoms with E-state index in [1.165, 1.54) is 0 Å². The monoisotopic (exact) mass is 298 g/mol. The summed E-state index contributed by atoms with van der Waals surface area (Å²) < 4.78 is 0. The van der Waals surface area contributed by atoms with Crippen LogP contribution in [0.2, 0.25) is 0 Å². The van der Waals surface area contributed by atoms with E-state index < -0.39 is 11.9 Å². The zero-order chi connectivity index (χ0) is 15.5. The van der Waals surface area contributed by atoms with Crippen LogP contribution in [-0.4, -0.2) is 39.0 Å². The Morgan fingerprint density at radius 2 is 2.05 bits per heavy atom. The summed E-state index contributed by atoms with van der Waals surface area (Å²) in [7, 11) is 0. The predicted octanol–water partition coefficient (Wildman–Crippen LogP) is 1.36. The first-order valence-electron chi connectivity index (χ1n) is 7.19. The van der Waals surface area contributed by atoms with Gasteiger partial charge in [0.2, 0.25) is 0 Å². The molecule has 3 N–H and O–H groups in total. The Labute approximate surface area is 128 Å². The van der Waals surface area contributed by atoms with Gasteiger partial charge in [-0.05, 0) is 23.8 Å². The number of carbonyl (C=O) groups is 1. The number of nitrogen functional groups attached to an aromatic ring is 1. The molecule has 2 aromatic rings. The number of hydrogen-bond acceptors (Lipinski definition) is 5. The second-order valence-electron chi connectivity index (χ2n) is 5.57. The van der Waals surface area contributed by atoms with Gasteiger partial charge in [-0.25, -0.2) is 4.98 Å². The number of rotatable bonds is 4. The van der Waals surface area contributed by atoms with Crippen LogP contribution in [0.4, 0.5) is 5.82 Å². The van der Waals surface area contributed by atoms with Gasteiger partial charge in [0, 0.05) is 49.7 Å². The van der Waals surface area contributed by atoms with Crippen molar-refractivity contribution in [2.75, 3.05) is 18.8 Å². The molecule has 22 heavy (non-hydrogen) atoms. The first-order valence-corrected chi connectivity index (χ1v) is 7.19. The van der Waals surface area contributed by atoms with Crippen LogP contribution in [-0.2, 0) is 11.3 Å². The highest BCUT2D eigenvalue weighted by molar-refractivity contribution is 5.72. The van der Waals surface area contributed by atoms with Gasteiger partial charge < -0.3 is 10.8 Å². The van der Waals surface area contributed by atoms with E-state index in [1.807, 2.05) is 24.3 Å². The van der Waals surface area contributed by atoms with Gasteiger partial charge in [0.1, 0.15) is 5.82 Å². The molecular formula is C16H18N4O2. The smallest absolute Gasteiger partial charge is 0.308 e. The van der Waals surface area contributed by atoms with Gasteiger partial charge in [-0.1, -0.05) is 6.07 Å². The zero-order valence-corrected chi connectivity index (χ0v) is 12.1. The Kier molecular flexibility index (Phi) is 4.02. The predicted molar refractivity (Wildman–Crippen MR) is 82.0 cm³/mol. The van der Waals surface area contributed by atoms with Gasteiger partial charge in [0.05, 0.1) is 5.92 Å². The summed E-state index contributed by atoms with van der Waals surface area (Å²) in [5, 5.41) is 9.50. The lowest BCUT2D eigenvalue weighted by molar-refractivity contribution is -0.141. The molecule has 0 bridgehead atoms. The molecule has 2 aromatic heterocycles. The summed E-state index contributed by atoms with van der Waals surface area (Å²) in [5.41, 5.74) is 7.83. The van der Waals surface area contributed by atoms with Crippen LogP contribution in [0.25, 0.3) is 0 Å². The molecule has 1 aliphatic heterocycles. The number of nitrogens with zero attached hydrogens (tertiary/aromatic N) is 3. The molecule has 6 nitrogen and oxygen atoms in total. The van der Waals surface area contributed by atoms with Crippen molar-refractivity contribution in [2.24, 2.45) is 5.92 Å². The minimum atomic E-state index is -0.761. The van der Waals surface area contributed by atoms with Crippen LogP contribution in [0, 0.1) is 5.92 Å². The summed E-state index contributed by atoms with van der Waals surface area (Å²) in [4.78, 5) is 21.8. The maximum atomic E-state index is 11.6. The molecule has 0 radical (unpaired) electrons. The van der Waals surface area contributed by atoms with Crippen molar-refractivity contribution in [3.8, 4) is 0 Å². The van der Waals surface area contributed by atoms with E-state index in [-0.39, 0.29) is 5.92 Å². The van der Waals surface area contributed by atoms with Crippen molar-refractivity contribution in [2.45, 2.75) is 12.5 Å². The largest absolute Gasteiger partial charge is 0.481 e.